The summed E-state index contributed by atoms with van der Waals surface area (Å²) in [6.07, 6.45) is -9.99. The van der Waals surface area contributed by atoms with Gasteiger partial charge in [-0.1, -0.05) is 13.0 Å². The van der Waals surface area contributed by atoms with Crippen LogP contribution in [0, 0.1) is 0 Å². The Bertz CT molecular complexity index is 1010. The second-order valence-electron chi connectivity index (χ2n) is 7.98. The Hall–Kier alpha value is -2.01. The highest BCUT2D eigenvalue weighted by molar-refractivity contribution is 5.24. The summed E-state index contributed by atoms with van der Waals surface area (Å²) in [6.45, 7) is 0.655. The van der Waals surface area contributed by atoms with Crippen LogP contribution in [0.4, 0.5) is 110 Å². The maximum Gasteiger partial charge on any atom is 0.460 e. The van der Waals surface area contributed by atoms with Gasteiger partial charge in [0.25, 0.3) is 0 Å². The van der Waals surface area contributed by atoms with Gasteiger partial charge in [0, 0.05) is 5.57 Å². The number of hydrogen-bond acceptors (Lipinski definition) is 0. The summed E-state index contributed by atoms with van der Waals surface area (Å²) >= 11 is 0. The molecule has 0 nitrogen and oxygen atoms in total. The SMILES string of the molecule is CC=C(CC)C(F)(F)C(F)(F)C(F)(F)C(F)(F)C(F)(F)C(F)(F)C(F)(F)C(F)(F)C(F)(F)C(F)(F)C(F)(F)C(F)(F)F. The summed E-state index contributed by atoms with van der Waals surface area (Å²) in [4.78, 5) is 0. The fraction of sp³-hybridized carbons (Fsp3) is 0.882. The van der Waals surface area contributed by atoms with Crippen molar-refractivity contribution in [3.63, 3.8) is 0 Å². The molecule has 0 heterocycles. The Labute approximate surface area is 214 Å². The van der Waals surface area contributed by atoms with Crippen LogP contribution in [0.1, 0.15) is 20.3 Å². The van der Waals surface area contributed by atoms with Gasteiger partial charge in [-0.05, 0) is 13.3 Å². The smallest absolute Gasteiger partial charge is 0.194 e. The van der Waals surface area contributed by atoms with Gasteiger partial charge in [-0.25, -0.2) is 0 Å². The van der Waals surface area contributed by atoms with E-state index in [1.807, 2.05) is 0 Å². The maximum atomic E-state index is 13.8. The lowest BCUT2D eigenvalue weighted by Gasteiger charge is -2.45. The predicted octanol–water partition coefficient (Wildman–Crippen LogP) is 9.89. The van der Waals surface area contributed by atoms with Crippen LogP contribution >= 0.6 is 0 Å². The molecule has 0 saturated heterocycles. The highest BCUT2D eigenvalue weighted by atomic mass is 19.4. The van der Waals surface area contributed by atoms with E-state index in [-0.39, 0.29) is 13.0 Å². The van der Waals surface area contributed by atoms with Crippen LogP contribution in [0.5, 0.6) is 0 Å². The van der Waals surface area contributed by atoms with Crippen molar-refractivity contribution in [1.29, 1.82) is 0 Å². The quantitative estimate of drug-likeness (QED) is 0.142. The summed E-state index contributed by atoms with van der Waals surface area (Å²) in [6, 6.07) is 0. The van der Waals surface area contributed by atoms with Crippen molar-refractivity contribution < 1.29 is 110 Å². The fourth-order valence-corrected chi connectivity index (χ4v) is 2.76. The van der Waals surface area contributed by atoms with E-state index in [2.05, 4.69) is 0 Å². The van der Waals surface area contributed by atoms with Crippen LogP contribution in [0.2, 0.25) is 0 Å². The van der Waals surface area contributed by atoms with Crippen molar-refractivity contribution in [1.82, 2.24) is 0 Å². The zero-order chi connectivity index (χ0) is 35.0. The topological polar surface area (TPSA) is 0 Å². The molecular weight excluding hydrogens is 679 g/mol. The Balaban J connectivity index is 7.43. The van der Waals surface area contributed by atoms with E-state index in [1.165, 1.54) is 0 Å². The molecule has 0 aliphatic rings. The number of hydrogen-bond donors (Lipinski definition) is 0. The van der Waals surface area contributed by atoms with E-state index in [4.69, 9.17) is 0 Å². The summed E-state index contributed by atoms with van der Waals surface area (Å²) in [5.41, 5.74) is -2.37. The normalized spacial score (nSPS) is 17.2. The van der Waals surface area contributed by atoms with Gasteiger partial charge in [0.2, 0.25) is 0 Å². The van der Waals surface area contributed by atoms with Crippen molar-refractivity contribution in [2.24, 2.45) is 0 Å². The molecule has 0 aliphatic carbocycles. The lowest BCUT2D eigenvalue weighted by Crippen LogP contribution is -2.78. The molecule has 252 valence electrons. The van der Waals surface area contributed by atoms with Crippen molar-refractivity contribution >= 4 is 0 Å². The molecule has 0 aromatic heterocycles. The van der Waals surface area contributed by atoms with Gasteiger partial charge in [0.1, 0.15) is 0 Å². The van der Waals surface area contributed by atoms with Crippen molar-refractivity contribution in [3.05, 3.63) is 11.6 Å². The molecular formula is C17H9F25. The van der Waals surface area contributed by atoms with Crippen LogP contribution < -0.4 is 0 Å². The Kier molecular flexibility index (Phi) is 9.53. The average molecular weight is 688 g/mol. The average Bonchev–Trinajstić information content (AvgIpc) is 2.77. The highest BCUT2D eigenvalue weighted by Gasteiger charge is 2.99. The van der Waals surface area contributed by atoms with Crippen LogP contribution in [0.25, 0.3) is 0 Å². The molecule has 0 amide bonds. The van der Waals surface area contributed by atoms with Gasteiger partial charge in [-0.2, -0.15) is 110 Å². The minimum atomic E-state index is -9.58. The summed E-state index contributed by atoms with van der Waals surface area (Å²) in [7, 11) is 0. The third-order valence-electron chi connectivity index (χ3n) is 5.43. The molecule has 42 heavy (non-hydrogen) atoms. The van der Waals surface area contributed by atoms with Gasteiger partial charge in [0.15, 0.2) is 0 Å². The van der Waals surface area contributed by atoms with Crippen LogP contribution in [-0.2, 0) is 0 Å². The number of halogens is 25. The number of alkyl halides is 25. The minimum absolute atomic E-state index is 0.275. The summed E-state index contributed by atoms with van der Waals surface area (Å²) < 4.78 is 334. The molecule has 0 unspecified atom stereocenters. The first kappa shape index (κ1) is 40.0. The molecule has 25 heteroatoms. The zero-order valence-corrected chi connectivity index (χ0v) is 19.2. The summed E-state index contributed by atoms with van der Waals surface area (Å²) in [5.74, 6) is -98.0. The van der Waals surface area contributed by atoms with Crippen LogP contribution in [0.3, 0.4) is 0 Å². The highest BCUT2D eigenvalue weighted by Crippen LogP contribution is 2.68. The van der Waals surface area contributed by atoms with Crippen molar-refractivity contribution in [2.75, 3.05) is 0 Å². The van der Waals surface area contributed by atoms with Gasteiger partial charge in [0.05, 0.1) is 0 Å². The van der Waals surface area contributed by atoms with Gasteiger partial charge >= 0.3 is 71.3 Å². The molecule has 0 fully saturated rings. The second-order valence-corrected chi connectivity index (χ2v) is 7.98. The fourth-order valence-electron chi connectivity index (χ4n) is 2.76. The Morgan fingerprint density at radius 1 is 0.357 bits per heavy atom. The summed E-state index contributed by atoms with van der Waals surface area (Å²) in [5, 5.41) is 0. The maximum absolute atomic E-state index is 13.8. The molecule has 0 radical (unpaired) electrons. The van der Waals surface area contributed by atoms with Crippen molar-refractivity contribution in [2.45, 2.75) is 91.6 Å². The van der Waals surface area contributed by atoms with Crippen LogP contribution in [-0.4, -0.2) is 71.3 Å². The number of rotatable bonds is 12. The van der Waals surface area contributed by atoms with Gasteiger partial charge in [-0.3, -0.25) is 0 Å². The first-order valence-corrected chi connectivity index (χ1v) is 9.65. The third-order valence-corrected chi connectivity index (χ3v) is 5.43. The molecule has 0 aromatic carbocycles. The molecule has 0 saturated carbocycles. The monoisotopic (exact) mass is 688 g/mol. The lowest BCUT2D eigenvalue weighted by molar-refractivity contribution is -0.481. The van der Waals surface area contributed by atoms with Gasteiger partial charge in [-0.15, -0.1) is 0 Å². The van der Waals surface area contributed by atoms with E-state index in [9.17, 15) is 110 Å². The zero-order valence-electron chi connectivity index (χ0n) is 19.2. The molecule has 0 aromatic rings. The Morgan fingerprint density at radius 3 is 0.714 bits per heavy atom. The third kappa shape index (κ3) is 4.54. The van der Waals surface area contributed by atoms with E-state index in [0.717, 1.165) is 0 Å². The second kappa shape index (κ2) is 10.0. The number of allylic oxidation sites excluding steroid dienone is 2. The molecule has 0 spiro atoms. The standard InChI is InChI=1S/C17H9F25/c1-3-5(4-2)6(18,19)7(20,21)8(22,23)9(24,25)10(26,27)11(28,29)12(30,31)13(32,33)14(34,35)15(36,37)16(38,39)17(40,41)42/h3H,4H2,1-2H3. The minimum Gasteiger partial charge on any atom is -0.194 e. The molecule has 0 rings (SSSR count). The van der Waals surface area contributed by atoms with E-state index in [0.29, 0.717) is 6.92 Å². The Morgan fingerprint density at radius 2 is 0.548 bits per heavy atom. The largest absolute Gasteiger partial charge is 0.460 e. The predicted molar refractivity (Wildman–Crippen MR) is 84.5 cm³/mol. The first-order chi connectivity index (χ1) is 17.8. The van der Waals surface area contributed by atoms with E-state index < -0.39 is 83.3 Å². The molecule has 0 aliphatic heterocycles. The van der Waals surface area contributed by atoms with E-state index in [1.54, 1.807) is 0 Å². The van der Waals surface area contributed by atoms with Crippen LogP contribution in [0.15, 0.2) is 11.6 Å². The molecule has 0 bridgehead atoms. The molecule has 0 atom stereocenters. The molecule has 0 N–H and O–H groups in total. The van der Waals surface area contributed by atoms with Crippen molar-refractivity contribution in [3.8, 4) is 0 Å². The lowest BCUT2D eigenvalue weighted by atomic mass is 9.83. The first-order valence-electron chi connectivity index (χ1n) is 9.65. The van der Waals surface area contributed by atoms with Gasteiger partial charge < -0.3 is 0 Å². The van der Waals surface area contributed by atoms with E-state index >= 15 is 0 Å².